The number of halogens is 1. The van der Waals surface area contributed by atoms with Gasteiger partial charge in [0.25, 0.3) is 0 Å². The van der Waals surface area contributed by atoms with Crippen LogP contribution in [-0.2, 0) is 29.1 Å². The van der Waals surface area contributed by atoms with Crippen molar-refractivity contribution in [3.8, 4) is 5.75 Å². The number of unbranched alkanes of at least 4 members (excludes halogenated alkanes) is 2. The Bertz CT molecular complexity index is 803. The number of hydrogen-bond acceptors (Lipinski definition) is 4. The highest BCUT2D eigenvalue weighted by Gasteiger charge is 2.26. The first-order valence-corrected chi connectivity index (χ1v) is 11.1. The molecular formula is C22H29BrN2O3. The minimum absolute atomic E-state index is 0.109. The van der Waals surface area contributed by atoms with Gasteiger partial charge in [-0.3, -0.25) is 4.79 Å². The molecule has 0 saturated carbocycles. The first-order chi connectivity index (χ1) is 13.6. The minimum Gasteiger partial charge on any atom is -0.487 e. The largest absolute Gasteiger partial charge is 0.487 e. The van der Waals surface area contributed by atoms with Crippen molar-refractivity contribution in [3.63, 3.8) is 0 Å². The smallest absolute Gasteiger partial charge is 0.306 e. The number of hydrogen-bond donors (Lipinski definition) is 0. The van der Waals surface area contributed by atoms with Crippen LogP contribution < -0.4 is 4.74 Å². The summed E-state index contributed by atoms with van der Waals surface area (Å²) in [6, 6.07) is 6.09. The average Bonchev–Trinajstić information content (AvgIpc) is 3.24. The van der Waals surface area contributed by atoms with Gasteiger partial charge in [-0.2, -0.15) is 0 Å². The molecule has 1 aliphatic rings. The Morgan fingerprint density at radius 3 is 2.93 bits per heavy atom. The van der Waals surface area contributed by atoms with Gasteiger partial charge >= 0.3 is 5.97 Å². The number of aromatic nitrogens is 2. The van der Waals surface area contributed by atoms with Crippen LogP contribution in [0.25, 0.3) is 0 Å². The quantitative estimate of drug-likeness (QED) is 0.343. The van der Waals surface area contributed by atoms with E-state index < -0.39 is 0 Å². The maximum atomic E-state index is 11.8. The molecule has 0 aliphatic heterocycles. The Kier molecular flexibility index (Phi) is 7.54. The van der Waals surface area contributed by atoms with E-state index in [1.54, 1.807) is 0 Å². The Hall–Kier alpha value is -1.82. The molecule has 3 rings (SSSR count). The van der Waals surface area contributed by atoms with Crippen LogP contribution in [0.1, 0.15) is 75.3 Å². The number of ether oxygens (including phenoxy) is 2. The van der Waals surface area contributed by atoms with E-state index in [1.807, 2.05) is 25.3 Å². The van der Waals surface area contributed by atoms with Crippen molar-refractivity contribution < 1.29 is 14.3 Å². The first-order valence-electron chi connectivity index (χ1n) is 10.3. The number of esters is 1. The average molecular weight is 449 g/mol. The third-order valence-electron chi connectivity index (χ3n) is 5.13. The summed E-state index contributed by atoms with van der Waals surface area (Å²) < 4.78 is 14.7. The lowest BCUT2D eigenvalue weighted by atomic mass is 10.1. The third-order valence-corrected chi connectivity index (χ3v) is 5.76. The van der Waals surface area contributed by atoms with Crippen molar-refractivity contribution in [1.82, 2.24) is 9.55 Å². The lowest BCUT2D eigenvalue weighted by Gasteiger charge is -2.14. The van der Waals surface area contributed by atoms with E-state index in [2.05, 4.69) is 38.5 Å². The number of benzene rings is 1. The summed E-state index contributed by atoms with van der Waals surface area (Å²) in [5, 5.41) is 0. The molecule has 0 spiro atoms. The van der Waals surface area contributed by atoms with Gasteiger partial charge in [-0.15, -0.1) is 0 Å². The Morgan fingerprint density at radius 2 is 2.14 bits per heavy atom. The van der Waals surface area contributed by atoms with Gasteiger partial charge in [0.2, 0.25) is 0 Å². The molecule has 1 aromatic carbocycles. The van der Waals surface area contributed by atoms with Crippen LogP contribution in [0.3, 0.4) is 0 Å². The second-order valence-electron chi connectivity index (χ2n) is 7.29. The molecule has 28 heavy (non-hydrogen) atoms. The van der Waals surface area contributed by atoms with E-state index in [0.717, 1.165) is 54.0 Å². The minimum atomic E-state index is -0.112. The maximum Gasteiger partial charge on any atom is 0.306 e. The lowest BCUT2D eigenvalue weighted by Crippen LogP contribution is -2.09. The highest BCUT2D eigenvalue weighted by molar-refractivity contribution is 9.10. The molecule has 0 amide bonds. The summed E-state index contributed by atoms with van der Waals surface area (Å²) >= 11 is 3.53. The fraction of sp³-hybridized carbons (Fsp3) is 0.545. The second-order valence-corrected chi connectivity index (χ2v) is 8.00. The molecular weight excluding hydrogens is 420 g/mol. The van der Waals surface area contributed by atoms with Crippen molar-refractivity contribution in [1.29, 1.82) is 0 Å². The molecule has 0 unspecified atom stereocenters. The van der Waals surface area contributed by atoms with Crippen LogP contribution in [0.4, 0.5) is 0 Å². The molecule has 1 aliphatic carbocycles. The second kappa shape index (κ2) is 10.1. The molecule has 6 heteroatoms. The van der Waals surface area contributed by atoms with Gasteiger partial charge in [-0.25, -0.2) is 4.98 Å². The number of carbonyl (C=O) groups is 1. The number of carbonyl (C=O) groups excluding carboxylic acids is 1. The zero-order chi connectivity index (χ0) is 19.9. The van der Waals surface area contributed by atoms with Crippen molar-refractivity contribution in [2.75, 3.05) is 0 Å². The van der Waals surface area contributed by atoms with E-state index in [1.165, 1.54) is 18.4 Å². The van der Waals surface area contributed by atoms with E-state index in [-0.39, 0.29) is 12.1 Å². The number of fused-ring (bicyclic) bond motifs is 1. The monoisotopic (exact) mass is 448 g/mol. The molecule has 1 aromatic heterocycles. The van der Waals surface area contributed by atoms with Crippen molar-refractivity contribution >= 4 is 21.9 Å². The zero-order valence-corrected chi connectivity index (χ0v) is 18.3. The van der Waals surface area contributed by atoms with E-state index in [0.29, 0.717) is 13.0 Å². The van der Waals surface area contributed by atoms with Crippen LogP contribution in [0.5, 0.6) is 5.75 Å². The topological polar surface area (TPSA) is 53.4 Å². The fourth-order valence-corrected chi connectivity index (χ4v) is 4.11. The third kappa shape index (κ3) is 5.16. The van der Waals surface area contributed by atoms with E-state index in [4.69, 9.17) is 9.47 Å². The zero-order valence-electron chi connectivity index (χ0n) is 16.7. The maximum absolute atomic E-state index is 11.8. The van der Waals surface area contributed by atoms with Crippen LogP contribution in [0, 0.1) is 0 Å². The van der Waals surface area contributed by atoms with Crippen LogP contribution in [0.2, 0.25) is 0 Å². The van der Waals surface area contributed by atoms with Crippen LogP contribution in [-0.4, -0.2) is 15.5 Å². The molecule has 0 fully saturated rings. The van der Waals surface area contributed by atoms with Gasteiger partial charge in [0, 0.05) is 13.0 Å². The molecule has 1 heterocycles. The summed E-state index contributed by atoms with van der Waals surface area (Å²) in [6.07, 6.45) is 8.36. The molecule has 2 aromatic rings. The number of aryl methyl sites for hydroxylation is 1. The van der Waals surface area contributed by atoms with Gasteiger partial charge in [-0.1, -0.05) is 32.8 Å². The highest BCUT2D eigenvalue weighted by Crippen LogP contribution is 2.36. The lowest BCUT2D eigenvalue weighted by molar-refractivity contribution is -0.149. The van der Waals surface area contributed by atoms with Gasteiger partial charge in [-0.05, 0) is 64.9 Å². The Balaban J connectivity index is 1.61. The summed E-state index contributed by atoms with van der Waals surface area (Å²) in [6.45, 7) is 5.62. The summed E-state index contributed by atoms with van der Waals surface area (Å²) in [7, 11) is 0. The molecule has 152 valence electrons. The van der Waals surface area contributed by atoms with Gasteiger partial charge in [0.15, 0.2) is 4.73 Å². The number of imidazole rings is 1. The first kappa shape index (κ1) is 20.9. The SMILES string of the molecule is CCCCCn1c(COc2ccc3c(c2)CC[C@@H]3OC(=O)CCC)cnc1Br. The van der Waals surface area contributed by atoms with Crippen LogP contribution in [0.15, 0.2) is 29.1 Å². The van der Waals surface area contributed by atoms with Crippen molar-refractivity contribution in [2.45, 2.75) is 78.0 Å². The van der Waals surface area contributed by atoms with E-state index in [9.17, 15) is 4.79 Å². The molecule has 0 radical (unpaired) electrons. The molecule has 1 atom stereocenters. The molecule has 5 nitrogen and oxygen atoms in total. The van der Waals surface area contributed by atoms with E-state index >= 15 is 0 Å². The van der Waals surface area contributed by atoms with Crippen molar-refractivity contribution in [2.24, 2.45) is 0 Å². The van der Waals surface area contributed by atoms with Gasteiger partial charge < -0.3 is 14.0 Å². The summed E-state index contributed by atoms with van der Waals surface area (Å²) in [5.41, 5.74) is 3.39. The van der Waals surface area contributed by atoms with Crippen molar-refractivity contribution in [3.05, 3.63) is 46.0 Å². The number of nitrogens with zero attached hydrogens (tertiary/aromatic N) is 2. The highest BCUT2D eigenvalue weighted by atomic mass is 79.9. The Morgan fingerprint density at radius 1 is 1.29 bits per heavy atom. The molecule has 0 N–H and O–H groups in total. The predicted octanol–water partition coefficient (Wildman–Crippen LogP) is 5.75. The normalized spacial score (nSPS) is 15.5. The molecule has 0 bridgehead atoms. The predicted molar refractivity (Wildman–Crippen MR) is 112 cm³/mol. The van der Waals surface area contributed by atoms with Gasteiger partial charge in [0.05, 0.1) is 11.9 Å². The standard InChI is InChI=1S/C22H29BrN2O3/c1-3-5-6-12-25-17(14-24-22(25)23)15-27-18-9-10-19-16(13-18)8-11-20(19)28-21(26)7-4-2/h9-10,13-14,20H,3-8,11-12,15H2,1-2H3/t20-/m0/s1. The number of rotatable bonds is 10. The fourth-order valence-electron chi connectivity index (χ4n) is 3.60. The Labute approximate surface area is 175 Å². The summed E-state index contributed by atoms with van der Waals surface area (Å²) in [4.78, 5) is 16.2. The molecule has 0 saturated heterocycles. The van der Waals surface area contributed by atoms with Gasteiger partial charge in [0.1, 0.15) is 18.5 Å². The van der Waals surface area contributed by atoms with Crippen LogP contribution >= 0.6 is 15.9 Å². The summed E-state index contributed by atoms with van der Waals surface area (Å²) in [5.74, 6) is 0.735.